The predicted octanol–water partition coefficient (Wildman–Crippen LogP) is 2.46. The largest absolute Gasteiger partial charge is 0.399 e. The van der Waals surface area contributed by atoms with E-state index in [9.17, 15) is 8.42 Å². The van der Waals surface area contributed by atoms with Crippen LogP contribution >= 0.6 is 11.3 Å². The topological polar surface area (TPSA) is 98.2 Å². The lowest BCUT2D eigenvalue weighted by Crippen LogP contribution is -2.16. The molecule has 0 amide bonds. The van der Waals surface area contributed by atoms with Crippen LogP contribution in [0.15, 0.2) is 35.2 Å². The van der Waals surface area contributed by atoms with Crippen molar-refractivity contribution in [3.63, 3.8) is 0 Å². The molecule has 0 aliphatic heterocycles. The van der Waals surface area contributed by atoms with Gasteiger partial charge in [0.05, 0.1) is 11.7 Å². The number of sulfonamides is 1. The second-order valence-corrected chi connectivity index (χ2v) is 7.46. The molecule has 2 rings (SSSR count). The number of rotatable bonds is 4. The first-order chi connectivity index (χ1) is 9.27. The zero-order valence-corrected chi connectivity index (χ0v) is 12.9. The molecule has 108 valence electrons. The fourth-order valence-electron chi connectivity index (χ4n) is 1.88. The molecule has 0 saturated heterocycles. The van der Waals surface area contributed by atoms with Gasteiger partial charge < -0.3 is 11.1 Å². The lowest BCUT2D eigenvalue weighted by atomic mass is 10.2. The highest BCUT2D eigenvalue weighted by atomic mass is 32.2. The molecule has 7 heteroatoms. The molecule has 20 heavy (non-hydrogen) atoms. The number of aryl methyl sites for hydroxylation is 1. The Kier molecular flexibility index (Phi) is 4.03. The zero-order valence-electron chi connectivity index (χ0n) is 11.3. The summed E-state index contributed by atoms with van der Waals surface area (Å²) in [5.74, 6) is 0. The number of anilines is 2. The van der Waals surface area contributed by atoms with E-state index >= 15 is 0 Å². The molecule has 1 unspecified atom stereocenters. The molecule has 1 heterocycles. The molecule has 1 aromatic heterocycles. The zero-order chi connectivity index (χ0) is 14.9. The van der Waals surface area contributed by atoms with Gasteiger partial charge in [0, 0.05) is 15.4 Å². The summed E-state index contributed by atoms with van der Waals surface area (Å²) in [5, 5.41) is 8.39. The molecule has 2 aromatic rings. The summed E-state index contributed by atoms with van der Waals surface area (Å²) in [5.41, 5.74) is 6.44. The van der Waals surface area contributed by atoms with Crippen LogP contribution in [0.1, 0.15) is 22.7 Å². The van der Waals surface area contributed by atoms with Gasteiger partial charge in [-0.15, -0.1) is 11.3 Å². The van der Waals surface area contributed by atoms with Crippen LogP contribution in [0.4, 0.5) is 11.4 Å². The van der Waals surface area contributed by atoms with Crippen LogP contribution in [0, 0.1) is 6.92 Å². The average Bonchev–Trinajstić information content (AvgIpc) is 2.77. The van der Waals surface area contributed by atoms with Crippen molar-refractivity contribution < 1.29 is 8.42 Å². The third kappa shape index (κ3) is 3.30. The van der Waals surface area contributed by atoms with E-state index in [0.29, 0.717) is 11.4 Å². The van der Waals surface area contributed by atoms with Crippen molar-refractivity contribution in [3.05, 3.63) is 40.1 Å². The molecule has 0 spiro atoms. The molecule has 0 fully saturated rings. The van der Waals surface area contributed by atoms with Gasteiger partial charge in [0.15, 0.2) is 0 Å². The summed E-state index contributed by atoms with van der Waals surface area (Å²) >= 11 is 1.66. The number of nitrogen functional groups attached to an aromatic ring is 1. The van der Waals surface area contributed by atoms with Gasteiger partial charge >= 0.3 is 0 Å². The number of thiophene rings is 1. The summed E-state index contributed by atoms with van der Waals surface area (Å²) in [6.07, 6.45) is 0. The van der Waals surface area contributed by atoms with E-state index in [-0.39, 0.29) is 10.9 Å². The van der Waals surface area contributed by atoms with E-state index in [1.807, 2.05) is 26.0 Å². The maximum Gasteiger partial charge on any atom is 0.240 e. The molecule has 0 radical (unpaired) electrons. The van der Waals surface area contributed by atoms with Gasteiger partial charge in [-0.05, 0) is 44.2 Å². The molecule has 1 aromatic carbocycles. The summed E-state index contributed by atoms with van der Waals surface area (Å²) in [6.45, 7) is 3.99. The van der Waals surface area contributed by atoms with Crippen LogP contribution in [-0.4, -0.2) is 8.42 Å². The number of benzene rings is 1. The highest BCUT2D eigenvalue weighted by molar-refractivity contribution is 7.89. The third-order valence-corrected chi connectivity index (χ3v) is 5.01. The normalized spacial score (nSPS) is 13.2. The number of nitrogens with two attached hydrogens (primary N) is 2. The first-order valence-corrected chi connectivity index (χ1v) is 8.39. The maximum absolute atomic E-state index is 11.6. The van der Waals surface area contributed by atoms with Crippen LogP contribution in [0.5, 0.6) is 0 Å². The Morgan fingerprint density at radius 2 is 1.95 bits per heavy atom. The van der Waals surface area contributed by atoms with Crippen LogP contribution < -0.4 is 16.2 Å². The first-order valence-electron chi connectivity index (χ1n) is 6.02. The van der Waals surface area contributed by atoms with Crippen molar-refractivity contribution >= 4 is 32.7 Å². The van der Waals surface area contributed by atoms with Crippen LogP contribution in [0.2, 0.25) is 0 Å². The summed E-state index contributed by atoms with van der Waals surface area (Å²) in [4.78, 5) is 2.34. The van der Waals surface area contributed by atoms with Gasteiger partial charge in [-0.2, -0.15) is 0 Å². The second-order valence-electron chi connectivity index (χ2n) is 4.62. The van der Waals surface area contributed by atoms with Crippen molar-refractivity contribution in [2.24, 2.45) is 5.14 Å². The monoisotopic (exact) mass is 311 g/mol. The minimum absolute atomic E-state index is 0.0117. The predicted molar refractivity (Wildman–Crippen MR) is 83.3 cm³/mol. The maximum atomic E-state index is 11.6. The Morgan fingerprint density at radius 3 is 2.50 bits per heavy atom. The summed E-state index contributed by atoms with van der Waals surface area (Å²) in [7, 11) is -3.82. The number of hydrogen-bond acceptors (Lipinski definition) is 5. The van der Waals surface area contributed by atoms with Crippen molar-refractivity contribution in [2.45, 2.75) is 24.8 Å². The highest BCUT2D eigenvalue weighted by Gasteiger charge is 2.17. The molecule has 0 saturated carbocycles. The van der Waals surface area contributed by atoms with Crippen molar-refractivity contribution in [1.82, 2.24) is 0 Å². The average molecular weight is 311 g/mol. The number of nitrogens with one attached hydrogen (secondary N) is 1. The second kappa shape index (κ2) is 5.43. The molecule has 0 bridgehead atoms. The summed E-state index contributed by atoms with van der Waals surface area (Å²) < 4.78 is 23.2. The Hall–Kier alpha value is -1.57. The van der Waals surface area contributed by atoms with E-state index < -0.39 is 10.0 Å². The molecular formula is C13H17N3O2S2. The van der Waals surface area contributed by atoms with Crippen LogP contribution in [0.3, 0.4) is 0 Å². The fraction of sp³-hybridized carbons (Fsp3) is 0.231. The van der Waals surface area contributed by atoms with Crippen molar-refractivity contribution in [1.29, 1.82) is 0 Å². The van der Waals surface area contributed by atoms with E-state index in [0.717, 1.165) is 4.88 Å². The molecule has 0 aliphatic carbocycles. The number of hydrogen-bond donors (Lipinski definition) is 3. The molecule has 5 N–H and O–H groups in total. The van der Waals surface area contributed by atoms with Crippen LogP contribution in [0.25, 0.3) is 0 Å². The van der Waals surface area contributed by atoms with E-state index in [1.165, 1.54) is 10.9 Å². The summed E-state index contributed by atoms with van der Waals surface area (Å²) in [6, 6.07) is 8.67. The van der Waals surface area contributed by atoms with Gasteiger partial charge in [0.2, 0.25) is 10.0 Å². The van der Waals surface area contributed by atoms with E-state index in [4.69, 9.17) is 10.9 Å². The minimum atomic E-state index is -3.82. The molecular weight excluding hydrogens is 294 g/mol. The van der Waals surface area contributed by atoms with Gasteiger partial charge in [0.25, 0.3) is 0 Å². The lowest BCUT2D eigenvalue weighted by molar-refractivity contribution is 0.598. The quantitative estimate of drug-likeness (QED) is 0.755. The Labute approximate surface area is 122 Å². The minimum Gasteiger partial charge on any atom is -0.399 e. The first kappa shape index (κ1) is 14.8. The van der Waals surface area contributed by atoms with Crippen molar-refractivity contribution in [2.75, 3.05) is 11.1 Å². The smallest absolute Gasteiger partial charge is 0.240 e. The van der Waals surface area contributed by atoms with Gasteiger partial charge in [-0.25, -0.2) is 13.6 Å². The Balaban J connectivity index is 2.34. The highest BCUT2D eigenvalue weighted by Crippen LogP contribution is 2.29. The standard InChI is InChI=1S/C13H17N3O2S2/c1-8-3-6-12(19-8)9(2)16-11-5-4-10(14)7-13(11)20(15,17)18/h3-7,9,16H,14H2,1-2H3,(H2,15,17,18). The van der Waals surface area contributed by atoms with Gasteiger partial charge in [0.1, 0.15) is 4.90 Å². The fourth-order valence-corrected chi connectivity index (χ4v) is 3.50. The van der Waals surface area contributed by atoms with Gasteiger partial charge in [-0.3, -0.25) is 0 Å². The third-order valence-electron chi connectivity index (χ3n) is 2.87. The number of primary sulfonamides is 1. The van der Waals surface area contributed by atoms with E-state index in [1.54, 1.807) is 23.5 Å². The SMILES string of the molecule is Cc1ccc(C(C)Nc2ccc(N)cc2S(N)(=O)=O)s1. The Bertz CT molecular complexity index is 723. The molecule has 1 atom stereocenters. The van der Waals surface area contributed by atoms with Crippen LogP contribution in [-0.2, 0) is 10.0 Å². The van der Waals surface area contributed by atoms with Gasteiger partial charge in [-0.1, -0.05) is 0 Å². The van der Waals surface area contributed by atoms with Crippen molar-refractivity contribution in [3.8, 4) is 0 Å². The lowest BCUT2D eigenvalue weighted by Gasteiger charge is -2.16. The van der Waals surface area contributed by atoms with E-state index in [2.05, 4.69) is 5.32 Å². The Morgan fingerprint density at radius 1 is 1.25 bits per heavy atom. The molecule has 5 nitrogen and oxygen atoms in total. The molecule has 0 aliphatic rings.